The molecule has 1 atom stereocenters. The summed E-state index contributed by atoms with van der Waals surface area (Å²) in [5.74, 6) is 1.23. The molecule has 34 heavy (non-hydrogen) atoms. The zero-order valence-corrected chi connectivity index (χ0v) is 20.0. The van der Waals surface area contributed by atoms with Crippen LogP contribution in [0.5, 0.6) is 11.5 Å². The maximum Gasteiger partial charge on any atom is 0.271 e. The summed E-state index contributed by atoms with van der Waals surface area (Å²) in [6, 6.07) is 3.31. The molecule has 11 nitrogen and oxygen atoms in total. The van der Waals surface area contributed by atoms with E-state index in [4.69, 9.17) is 25.9 Å². The van der Waals surface area contributed by atoms with Crippen LogP contribution in [0.25, 0.3) is 0 Å². The van der Waals surface area contributed by atoms with Crippen LogP contribution in [0.15, 0.2) is 23.6 Å². The zero-order valence-electron chi connectivity index (χ0n) is 19.3. The molecule has 0 radical (unpaired) electrons. The van der Waals surface area contributed by atoms with E-state index in [-0.39, 0.29) is 24.8 Å². The van der Waals surface area contributed by atoms with Crippen molar-refractivity contribution in [3.8, 4) is 11.5 Å². The third-order valence-electron chi connectivity index (χ3n) is 5.95. The summed E-state index contributed by atoms with van der Waals surface area (Å²) in [6.07, 6.45) is 2.76. The molecule has 1 fully saturated rings. The minimum Gasteiger partial charge on any atom is -0.496 e. The minimum atomic E-state index is -0.871. The van der Waals surface area contributed by atoms with Gasteiger partial charge in [-0.15, -0.1) is 5.10 Å². The number of halogens is 1. The average Bonchev–Trinajstić information content (AvgIpc) is 3.49. The van der Waals surface area contributed by atoms with Gasteiger partial charge in [-0.2, -0.15) is 0 Å². The molecule has 1 N–H and O–H groups in total. The third kappa shape index (κ3) is 5.24. The molecule has 0 unspecified atom stereocenters. The molecule has 1 aromatic carbocycles. The van der Waals surface area contributed by atoms with Crippen molar-refractivity contribution in [3.63, 3.8) is 0 Å². The molecule has 4 rings (SSSR count). The number of piperidine rings is 1. The van der Waals surface area contributed by atoms with Crippen molar-refractivity contribution in [2.75, 3.05) is 32.6 Å². The monoisotopic (exact) mass is 490 g/mol. The van der Waals surface area contributed by atoms with Crippen molar-refractivity contribution in [1.29, 1.82) is 0 Å². The topological polar surface area (TPSA) is 120 Å². The maximum absolute atomic E-state index is 12.7. The van der Waals surface area contributed by atoms with Gasteiger partial charge in [0, 0.05) is 31.1 Å². The van der Waals surface area contributed by atoms with Gasteiger partial charge in [-0.3, -0.25) is 14.9 Å². The molecule has 2 aliphatic heterocycles. The largest absolute Gasteiger partial charge is 0.496 e. The summed E-state index contributed by atoms with van der Waals surface area (Å²) in [5.41, 5.74) is 1.12. The highest BCUT2D eigenvalue weighted by atomic mass is 35.5. The predicted octanol–water partition coefficient (Wildman–Crippen LogP) is 2.34. The van der Waals surface area contributed by atoms with E-state index < -0.39 is 12.0 Å². The van der Waals surface area contributed by atoms with Gasteiger partial charge in [0.05, 0.1) is 25.0 Å². The standard InChI is InChI=1S/C22H27ClN6O5/c1-13-4-6-28(7-5-13)20(30)11-29-12-24-22(26-29)25-21(31)19-9-16(27-34-19)14-8-15(23)18(33-3)10-17(14)32-2/h8,10,12-13,19H,4-7,9,11H2,1-3H3,(H,25,26,31)/t19-/m1/s1. The van der Waals surface area contributed by atoms with E-state index in [0.29, 0.717) is 33.7 Å². The highest BCUT2D eigenvalue weighted by Crippen LogP contribution is 2.34. The summed E-state index contributed by atoms with van der Waals surface area (Å²) in [6.45, 7) is 3.77. The van der Waals surface area contributed by atoms with E-state index in [1.807, 2.05) is 4.90 Å². The Kier molecular flexibility index (Phi) is 7.20. The molecule has 0 bridgehead atoms. The second-order valence-corrected chi connectivity index (χ2v) is 8.75. The fourth-order valence-electron chi connectivity index (χ4n) is 3.88. The SMILES string of the molecule is COc1cc(OC)c(C2=NO[C@@H](C(=O)Nc3ncn(CC(=O)N4CCC(C)CC4)n3)C2)cc1Cl. The van der Waals surface area contributed by atoms with Gasteiger partial charge >= 0.3 is 0 Å². The van der Waals surface area contributed by atoms with E-state index >= 15 is 0 Å². The lowest BCUT2D eigenvalue weighted by atomic mass is 9.99. The molecule has 0 saturated carbocycles. The van der Waals surface area contributed by atoms with Crippen molar-refractivity contribution in [2.24, 2.45) is 11.1 Å². The Morgan fingerprint density at radius 2 is 1.94 bits per heavy atom. The Morgan fingerprint density at radius 1 is 1.21 bits per heavy atom. The fraction of sp³-hybridized carbons (Fsp3) is 0.500. The highest BCUT2D eigenvalue weighted by molar-refractivity contribution is 6.32. The first kappa shape index (κ1) is 23.8. The van der Waals surface area contributed by atoms with Gasteiger partial charge < -0.3 is 19.2 Å². The van der Waals surface area contributed by atoms with Gasteiger partial charge in [-0.05, 0) is 24.8 Å². The smallest absolute Gasteiger partial charge is 0.271 e. The number of ether oxygens (including phenoxy) is 2. The lowest BCUT2D eigenvalue weighted by Gasteiger charge is -2.30. The van der Waals surface area contributed by atoms with Crippen molar-refractivity contribution in [2.45, 2.75) is 38.8 Å². The molecule has 2 aliphatic rings. The number of hydrogen-bond donors (Lipinski definition) is 1. The van der Waals surface area contributed by atoms with Crippen LogP contribution >= 0.6 is 11.6 Å². The fourth-order valence-corrected chi connectivity index (χ4v) is 4.12. The number of amides is 2. The Balaban J connectivity index is 1.33. The average molecular weight is 491 g/mol. The zero-order chi connectivity index (χ0) is 24.2. The van der Waals surface area contributed by atoms with Crippen molar-refractivity contribution >= 4 is 35.1 Å². The first-order valence-corrected chi connectivity index (χ1v) is 11.4. The van der Waals surface area contributed by atoms with Crippen LogP contribution in [0.2, 0.25) is 5.02 Å². The number of anilines is 1. The summed E-state index contributed by atoms with van der Waals surface area (Å²) in [5, 5.41) is 11.2. The number of methoxy groups -OCH3 is 2. The molecule has 0 aliphatic carbocycles. The molecular weight excluding hydrogens is 464 g/mol. The summed E-state index contributed by atoms with van der Waals surface area (Å²) >= 11 is 6.24. The van der Waals surface area contributed by atoms with Crippen LogP contribution in [0.4, 0.5) is 5.95 Å². The third-order valence-corrected chi connectivity index (χ3v) is 6.25. The maximum atomic E-state index is 12.7. The van der Waals surface area contributed by atoms with Gasteiger partial charge in [-0.25, -0.2) is 9.67 Å². The number of benzene rings is 1. The van der Waals surface area contributed by atoms with E-state index in [9.17, 15) is 9.59 Å². The summed E-state index contributed by atoms with van der Waals surface area (Å²) < 4.78 is 12.0. The van der Waals surface area contributed by atoms with Crippen LogP contribution in [0.1, 0.15) is 31.7 Å². The number of rotatable bonds is 7. The number of nitrogens with zero attached hydrogens (tertiary/aromatic N) is 5. The number of nitrogens with one attached hydrogen (secondary N) is 1. The quantitative estimate of drug-likeness (QED) is 0.632. The Morgan fingerprint density at radius 3 is 2.65 bits per heavy atom. The molecule has 1 saturated heterocycles. The van der Waals surface area contributed by atoms with Gasteiger partial charge in [0.2, 0.25) is 18.0 Å². The van der Waals surface area contributed by atoms with E-state index in [0.717, 1.165) is 25.9 Å². The van der Waals surface area contributed by atoms with E-state index in [2.05, 4.69) is 27.5 Å². The molecule has 12 heteroatoms. The second kappa shape index (κ2) is 10.3. The number of likely N-dealkylation sites (tertiary alicyclic amines) is 1. The number of aromatic nitrogens is 3. The van der Waals surface area contributed by atoms with Crippen LogP contribution in [0, 0.1) is 5.92 Å². The molecule has 0 spiro atoms. The highest BCUT2D eigenvalue weighted by Gasteiger charge is 2.31. The van der Waals surface area contributed by atoms with Crippen molar-refractivity contribution in [3.05, 3.63) is 29.0 Å². The van der Waals surface area contributed by atoms with Gasteiger partial charge in [0.15, 0.2) is 0 Å². The summed E-state index contributed by atoms with van der Waals surface area (Å²) in [7, 11) is 3.03. The Bertz CT molecular complexity index is 1100. The molecule has 2 aromatic rings. The van der Waals surface area contributed by atoms with Crippen LogP contribution in [-0.4, -0.2) is 70.6 Å². The molecular formula is C22H27ClN6O5. The molecule has 3 heterocycles. The van der Waals surface area contributed by atoms with E-state index in [1.54, 1.807) is 12.1 Å². The lowest BCUT2D eigenvalue weighted by molar-refractivity contribution is -0.133. The predicted molar refractivity (Wildman–Crippen MR) is 124 cm³/mol. The van der Waals surface area contributed by atoms with Gasteiger partial charge in [-0.1, -0.05) is 23.7 Å². The van der Waals surface area contributed by atoms with Crippen LogP contribution in [-0.2, 0) is 21.0 Å². The Labute approximate surface area is 202 Å². The molecule has 1 aromatic heterocycles. The van der Waals surface area contributed by atoms with Gasteiger partial charge in [0.25, 0.3) is 5.91 Å². The second-order valence-electron chi connectivity index (χ2n) is 8.34. The molecule has 182 valence electrons. The Hall–Kier alpha value is -3.34. The molecule has 2 amide bonds. The van der Waals surface area contributed by atoms with Crippen molar-refractivity contribution < 1.29 is 23.9 Å². The minimum absolute atomic E-state index is 0.0149. The van der Waals surface area contributed by atoms with Crippen LogP contribution in [0.3, 0.4) is 0 Å². The normalized spacial score (nSPS) is 18.3. The number of oxime groups is 1. The first-order valence-electron chi connectivity index (χ1n) is 11.0. The van der Waals surface area contributed by atoms with Crippen LogP contribution < -0.4 is 14.8 Å². The van der Waals surface area contributed by atoms with Gasteiger partial charge in [0.1, 0.15) is 24.4 Å². The number of hydrogen-bond acceptors (Lipinski definition) is 8. The van der Waals surface area contributed by atoms with Crippen molar-refractivity contribution in [1.82, 2.24) is 19.7 Å². The lowest BCUT2D eigenvalue weighted by Crippen LogP contribution is -2.39. The van der Waals surface area contributed by atoms with E-state index in [1.165, 1.54) is 25.2 Å². The first-order chi connectivity index (χ1) is 16.4. The number of carbonyl (C=O) groups excluding carboxylic acids is 2. The number of carbonyl (C=O) groups is 2. The summed E-state index contributed by atoms with van der Waals surface area (Å²) in [4.78, 5) is 36.4.